The Labute approximate surface area is 113 Å². The largest absolute Gasteiger partial charge is 0.358 e. The van der Waals surface area contributed by atoms with Crippen molar-refractivity contribution in [3.63, 3.8) is 0 Å². The van der Waals surface area contributed by atoms with Gasteiger partial charge < -0.3 is 10.8 Å². The van der Waals surface area contributed by atoms with Crippen molar-refractivity contribution in [2.75, 3.05) is 5.84 Å². The highest BCUT2D eigenvalue weighted by Crippen LogP contribution is 2.21. The molecule has 18 heavy (non-hydrogen) atoms. The van der Waals surface area contributed by atoms with E-state index in [4.69, 9.17) is 29.7 Å². The smallest absolute Gasteiger partial charge is 0.214 e. The van der Waals surface area contributed by atoms with Gasteiger partial charge in [0.1, 0.15) is 0 Å². The molecule has 0 bridgehead atoms. The summed E-state index contributed by atoms with van der Waals surface area (Å²) in [6.45, 7) is 0. The zero-order valence-electron chi connectivity index (χ0n) is 9.27. The number of nitrogens with one attached hydrogen (secondary N) is 2. The van der Waals surface area contributed by atoms with E-state index < -0.39 is 0 Å². The van der Waals surface area contributed by atoms with Crippen molar-refractivity contribution in [3.05, 3.63) is 45.6 Å². The van der Waals surface area contributed by atoms with Gasteiger partial charge in [-0.05, 0) is 36.5 Å². The van der Waals surface area contributed by atoms with E-state index in [0.29, 0.717) is 17.0 Å². The standard InChI is InChI=1S/C11H10ClN5S/c12-7-1-2-9-6(3-7)4-8(14-9)5-10-15-16-11(18)17(10)13/h1-4,14H,5,13H2,(H,16,18). The van der Waals surface area contributed by atoms with Crippen molar-refractivity contribution in [1.82, 2.24) is 19.9 Å². The van der Waals surface area contributed by atoms with E-state index in [1.54, 1.807) is 0 Å². The highest BCUT2D eigenvalue weighted by molar-refractivity contribution is 7.71. The first-order valence-electron chi connectivity index (χ1n) is 5.32. The lowest BCUT2D eigenvalue weighted by molar-refractivity contribution is 0.858. The molecule has 92 valence electrons. The van der Waals surface area contributed by atoms with Crippen LogP contribution in [0.4, 0.5) is 0 Å². The fraction of sp³-hybridized carbons (Fsp3) is 0.0909. The van der Waals surface area contributed by atoms with Gasteiger partial charge in [0.15, 0.2) is 5.82 Å². The number of aromatic amines is 2. The Balaban J connectivity index is 2.00. The molecule has 0 saturated heterocycles. The molecule has 2 heterocycles. The Hall–Kier alpha value is -1.79. The summed E-state index contributed by atoms with van der Waals surface area (Å²) in [5.41, 5.74) is 2.04. The van der Waals surface area contributed by atoms with Crippen molar-refractivity contribution >= 4 is 34.7 Å². The summed E-state index contributed by atoms with van der Waals surface area (Å²) in [6, 6.07) is 7.74. The molecule has 0 aliphatic carbocycles. The van der Waals surface area contributed by atoms with E-state index in [-0.39, 0.29) is 0 Å². The minimum absolute atomic E-state index is 0.407. The van der Waals surface area contributed by atoms with E-state index in [1.807, 2.05) is 24.3 Å². The lowest BCUT2D eigenvalue weighted by atomic mass is 10.2. The Morgan fingerprint density at radius 1 is 1.39 bits per heavy atom. The van der Waals surface area contributed by atoms with Gasteiger partial charge in [0.25, 0.3) is 0 Å². The molecule has 7 heteroatoms. The summed E-state index contributed by atoms with van der Waals surface area (Å²) in [5.74, 6) is 6.43. The fourth-order valence-electron chi connectivity index (χ4n) is 1.89. The highest BCUT2D eigenvalue weighted by Gasteiger charge is 2.07. The van der Waals surface area contributed by atoms with Crippen LogP contribution >= 0.6 is 23.8 Å². The number of fused-ring (bicyclic) bond motifs is 1. The number of hydrogen-bond acceptors (Lipinski definition) is 3. The maximum atomic E-state index is 5.95. The average Bonchev–Trinajstić information content (AvgIpc) is 2.86. The maximum absolute atomic E-state index is 5.95. The third-order valence-corrected chi connectivity index (χ3v) is 3.29. The zero-order valence-corrected chi connectivity index (χ0v) is 10.8. The molecule has 0 atom stereocenters. The van der Waals surface area contributed by atoms with Crippen molar-refractivity contribution in [2.45, 2.75) is 6.42 Å². The highest BCUT2D eigenvalue weighted by atomic mass is 35.5. The molecule has 0 fully saturated rings. The Kier molecular flexibility index (Phi) is 2.61. The molecular formula is C11H10ClN5S. The van der Waals surface area contributed by atoms with Crippen molar-refractivity contribution in [1.29, 1.82) is 0 Å². The predicted molar refractivity (Wildman–Crippen MR) is 73.7 cm³/mol. The number of halogens is 1. The Morgan fingerprint density at radius 2 is 2.22 bits per heavy atom. The average molecular weight is 280 g/mol. The number of nitrogens with two attached hydrogens (primary N) is 1. The topological polar surface area (TPSA) is 75.4 Å². The quantitative estimate of drug-likeness (QED) is 0.498. The van der Waals surface area contributed by atoms with Crippen LogP contribution in [0.1, 0.15) is 11.5 Å². The second-order valence-electron chi connectivity index (χ2n) is 4.02. The fourth-order valence-corrected chi connectivity index (χ4v) is 2.22. The second-order valence-corrected chi connectivity index (χ2v) is 4.84. The van der Waals surface area contributed by atoms with Gasteiger partial charge in [0.2, 0.25) is 4.77 Å². The number of nitrogens with zero attached hydrogens (tertiary/aromatic N) is 2. The van der Waals surface area contributed by atoms with Crippen LogP contribution in [-0.4, -0.2) is 19.9 Å². The number of nitrogen functional groups attached to an aromatic ring is 1. The summed E-state index contributed by atoms with van der Waals surface area (Å²) < 4.78 is 1.78. The molecule has 0 radical (unpaired) electrons. The molecule has 0 aliphatic rings. The molecule has 0 saturated carbocycles. The van der Waals surface area contributed by atoms with Crippen LogP contribution in [0.2, 0.25) is 5.02 Å². The summed E-state index contributed by atoms with van der Waals surface area (Å²) in [5, 5.41) is 8.51. The molecule has 3 rings (SSSR count). The van der Waals surface area contributed by atoms with Crippen LogP contribution < -0.4 is 5.84 Å². The second kappa shape index (κ2) is 4.15. The van der Waals surface area contributed by atoms with Crippen molar-refractivity contribution in [3.8, 4) is 0 Å². The molecule has 4 N–H and O–H groups in total. The molecular weight excluding hydrogens is 270 g/mol. The molecule has 0 aliphatic heterocycles. The van der Waals surface area contributed by atoms with Gasteiger partial charge in [-0.15, -0.1) is 0 Å². The van der Waals surface area contributed by atoms with Crippen molar-refractivity contribution < 1.29 is 0 Å². The van der Waals surface area contributed by atoms with Gasteiger partial charge in [0.05, 0.1) is 0 Å². The summed E-state index contributed by atoms with van der Waals surface area (Å²) >= 11 is 10.9. The van der Waals surface area contributed by atoms with E-state index in [1.165, 1.54) is 4.68 Å². The number of H-pyrrole nitrogens is 2. The number of hydrogen-bond donors (Lipinski definition) is 3. The zero-order chi connectivity index (χ0) is 12.7. The van der Waals surface area contributed by atoms with Crippen LogP contribution in [0, 0.1) is 4.77 Å². The first-order chi connectivity index (χ1) is 8.63. The van der Waals surface area contributed by atoms with Crippen LogP contribution in [0.5, 0.6) is 0 Å². The van der Waals surface area contributed by atoms with Crippen molar-refractivity contribution in [2.24, 2.45) is 0 Å². The predicted octanol–water partition coefficient (Wildman–Crippen LogP) is 2.38. The van der Waals surface area contributed by atoms with Gasteiger partial charge in [-0.3, -0.25) is 5.10 Å². The normalized spacial score (nSPS) is 11.2. The van der Waals surface area contributed by atoms with Gasteiger partial charge in [0, 0.05) is 28.0 Å². The summed E-state index contributed by atoms with van der Waals surface area (Å²) in [6.07, 6.45) is 0.579. The van der Waals surface area contributed by atoms with Gasteiger partial charge >= 0.3 is 0 Å². The number of benzene rings is 1. The molecule has 3 aromatic rings. The third-order valence-electron chi connectivity index (χ3n) is 2.76. The molecule has 5 nitrogen and oxygen atoms in total. The summed E-state index contributed by atoms with van der Waals surface area (Å²) in [4.78, 5) is 3.29. The SMILES string of the molecule is Nn1c(Cc2cc3cc(Cl)ccc3[nH]2)n[nH]c1=S. The number of rotatable bonds is 2. The van der Waals surface area contributed by atoms with Crippen LogP contribution in [-0.2, 0) is 6.42 Å². The third kappa shape index (κ3) is 1.89. The first kappa shape index (κ1) is 11.3. The molecule has 0 unspecified atom stereocenters. The molecule has 2 aromatic heterocycles. The minimum atomic E-state index is 0.407. The van der Waals surface area contributed by atoms with Crippen LogP contribution in [0.3, 0.4) is 0 Å². The Morgan fingerprint density at radius 3 is 2.94 bits per heavy atom. The van der Waals surface area contributed by atoms with Crippen LogP contribution in [0.15, 0.2) is 24.3 Å². The molecule has 0 spiro atoms. The monoisotopic (exact) mass is 279 g/mol. The van der Waals surface area contributed by atoms with E-state index in [9.17, 15) is 0 Å². The lowest BCUT2D eigenvalue weighted by Gasteiger charge is -1.97. The number of aromatic nitrogens is 4. The van der Waals surface area contributed by atoms with Gasteiger partial charge in [-0.1, -0.05) is 11.6 Å². The van der Waals surface area contributed by atoms with Gasteiger partial charge in [-0.25, -0.2) is 4.68 Å². The first-order valence-corrected chi connectivity index (χ1v) is 6.10. The maximum Gasteiger partial charge on any atom is 0.214 e. The van der Waals surface area contributed by atoms with E-state index in [2.05, 4.69) is 15.2 Å². The van der Waals surface area contributed by atoms with E-state index in [0.717, 1.165) is 21.6 Å². The van der Waals surface area contributed by atoms with E-state index >= 15 is 0 Å². The molecule has 1 aromatic carbocycles. The summed E-state index contributed by atoms with van der Waals surface area (Å²) in [7, 11) is 0. The van der Waals surface area contributed by atoms with Crippen LogP contribution in [0.25, 0.3) is 10.9 Å². The Bertz CT molecular complexity index is 769. The van der Waals surface area contributed by atoms with Gasteiger partial charge in [-0.2, -0.15) is 5.10 Å². The molecule has 0 amide bonds. The lowest BCUT2D eigenvalue weighted by Crippen LogP contribution is -2.13. The minimum Gasteiger partial charge on any atom is -0.358 e.